The predicted octanol–water partition coefficient (Wildman–Crippen LogP) is 8.37. The van der Waals surface area contributed by atoms with Crippen LogP contribution in [0, 0.1) is 28.7 Å². The molecule has 2 unspecified atom stereocenters. The maximum atomic E-state index is 14.1. The van der Waals surface area contributed by atoms with Gasteiger partial charge in [-0.1, -0.05) is 25.1 Å². The Morgan fingerprint density at radius 3 is 1.43 bits per heavy atom. The summed E-state index contributed by atoms with van der Waals surface area (Å²) < 4.78 is 71.8. The topological polar surface area (TPSA) is 528 Å². The first kappa shape index (κ1) is 99.1. The Morgan fingerprint density at radius 1 is 0.578 bits per heavy atom. The summed E-state index contributed by atoms with van der Waals surface area (Å²) in [7, 11) is 7.90. The summed E-state index contributed by atoms with van der Waals surface area (Å²) in [6.07, 6.45) is 13.6. The summed E-state index contributed by atoms with van der Waals surface area (Å²) in [5, 5.41) is 13.3. The molecule has 0 saturated carbocycles. The molecule has 0 saturated heterocycles. The fourth-order valence-electron chi connectivity index (χ4n) is 8.46. The third-order valence-electron chi connectivity index (χ3n) is 13.4. The Hall–Kier alpha value is -13.0. The lowest BCUT2D eigenvalue weighted by Crippen LogP contribution is -2.33. The highest BCUT2D eigenvalue weighted by molar-refractivity contribution is 6.33. The second-order valence-corrected chi connectivity index (χ2v) is 26.8. The summed E-state index contributed by atoms with van der Waals surface area (Å²) >= 11 is 11.6. The number of anilines is 3. The van der Waals surface area contributed by atoms with Crippen molar-refractivity contribution >= 4 is 99.6 Å². The number of aromatic nitrogens is 12. The number of benzene rings is 2. The fourth-order valence-corrected chi connectivity index (χ4v) is 8.82. The highest BCUT2D eigenvalue weighted by atomic mass is 35.5. The Morgan fingerprint density at radius 2 is 1.03 bits per heavy atom. The number of methoxy groups -OCH3 is 6. The van der Waals surface area contributed by atoms with Crippen LogP contribution in [0.2, 0.25) is 10.4 Å². The summed E-state index contributed by atoms with van der Waals surface area (Å²) in [6.45, 7) is 20.0. The minimum Gasteiger partial charge on any atom is -0.497 e. The van der Waals surface area contributed by atoms with E-state index in [1.807, 2.05) is 13.8 Å². The molecule has 8 aromatic rings. The third kappa shape index (κ3) is 34.9. The monoisotopic (exact) mass is 1660 g/mol. The van der Waals surface area contributed by atoms with Crippen LogP contribution in [0.15, 0.2) is 98.4 Å². The van der Waals surface area contributed by atoms with Crippen LogP contribution in [0.1, 0.15) is 145 Å². The first-order valence-electron chi connectivity index (χ1n) is 33.8. The van der Waals surface area contributed by atoms with E-state index in [1.165, 1.54) is 76.6 Å². The average molecular weight is 1660 g/mol. The molecule has 6 aromatic heterocycles. The number of likely N-dealkylation sites (N-methyl/N-ethyl adjacent to an activating group) is 1. The Bertz CT molecular complexity index is 4560. The quantitative estimate of drug-likeness (QED) is 0.0112. The van der Waals surface area contributed by atoms with Crippen molar-refractivity contribution in [2.75, 3.05) is 66.4 Å². The van der Waals surface area contributed by atoms with Gasteiger partial charge in [-0.2, -0.15) is 0 Å². The third-order valence-corrected chi connectivity index (χ3v) is 13.9. The van der Waals surface area contributed by atoms with Crippen molar-refractivity contribution in [3.8, 4) is 22.9 Å². The minimum absolute atomic E-state index is 0. The number of nitrogens with one attached hydrogen (secondary N) is 1. The van der Waals surface area contributed by atoms with Gasteiger partial charge in [0.25, 0.3) is 5.91 Å². The van der Waals surface area contributed by atoms with Crippen molar-refractivity contribution < 1.29 is 99.5 Å². The fraction of sp³-hybridized carbons (Fsp3) is 0.392. The number of hydrogen-bond acceptors (Lipinski definition) is 35. The normalized spacial score (nSPS) is 11.4. The molecule has 2 atom stereocenters. The average Bonchev–Trinajstić information content (AvgIpc) is 1.60. The number of nitrogens with two attached hydrogens (primary N) is 3. The maximum Gasteiger partial charge on any atom is 0.328 e. The smallest absolute Gasteiger partial charge is 0.328 e. The number of nitro groups is 1. The van der Waals surface area contributed by atoms with Gasteiger partial charge in [-0.3, -0.25) is 53.3 Å². The van der Waals surface area contributed by atoms with Crippen molar-refractivity contribution in [1.29, 1.82) is 0 Å². The van der Waals surface area contributed by atoms with Crippen LogP contribution < -0.4 is 32.0 Å². The number of esters is 7. The maximum absolute atomic E-state index is 14.1. The highest BCUT2D eigenvalue weighted by Crippen LogP contribution is 2.34. The molecule has 38 nitrogen and oxygen atoms in total. The summed E-state index contributed by atoms with van der Waals surface area (Å²) in [5.41, 5.74) is 16.9. The molecule has 1 aliphatic rings. The Kier molecular flexibility index (Phi) is 40.6. The van der Waals surface area contributed by atoms with Crippen LogP contribution in [-0.2, 0) is 97.4 Å². The molecular formula is C74H92Cl2F2N18O20. The van der Waals surface area contributed by atoms with Crippen molar-refractivity contribution in [2.24, 2.45) is 0 Å². The van der Waals surface area contributed by atoms with E-state index < -0.39 is 81.0 Å². The van der Waals surface area contributed by atoms with Crippen molar-refractivity contribution in [1.82, 2.24) is 70.0 Å². The van der Waals surface area contributed by atoms with Crippen LogP contribution in [0.4, 0.5) is 31.5 Å². The molecule has 1 aliphatic heterocycles. The van der Waals surface area contributed by atoms with Gasteiger partial charge >= 0.3 is 47.5 Å². The zero-order chi connectivity index (χ0) is 86.7. The van der Waals surface area contributed by atoms with Gasteiger partial charge in [-0.05, 0) is 118 Å². The van der Waals surface area contributed by atoms with Crippen molar-refractivity contribution in [2.45, 2.75) is 145 Å². The number of fused-ring (bicyclic) bond motifs is 1. The van der Waals surface area contributed by atoms with Crippen LogP contribution in [0.3, 0.4) is 0 Å². The lowest BCUT2D eigenvalue weighted by Gasteiger charge is -2.22. The second kappa shape index (κ2) is 47.5. The molecular weight excluding hydrogens is 1570 g/mol. The van der Waals surface area contributed by atoms with E-state index >= 15 is 0 Å². The standard InChI is InChI=1S/C21H16ClF2N3O3.C12H15N3O6.C12H17N3O4.C8H12N4O.C8H14O4.C7H9N3O2.C5H5ClN2.CH4/c1-29-12-7-6-11(16(8-12)30-2)9-27-10-15-18(21(27)28)19(22)26-20(25-15)17-13(23)4-3-5-14(17)24;1-12(2,3)21-11(17)8(10(16)20-4)9-13-5-7(6-14-9)15(18)19;1-12(2,3)19-11(17)8(10(16)18-4)9-14-5-7(13)6-15-9;1-2-10-8(13)3-7-11-4-6(9)5-12-7;1-8(2,3)12-7(10)5-6(9)11-4;1-12-7(11)2-6-9-3-5(8)4-10-6;1-4-2-7-5(6)8-3-4;/h3-8H,9-10H2,1-2H3;5-6,8H,1-4H3;5-6,8H,13H2,1-4H3;4-5H,2-3,9H2,1H3,(H,10,13);5H2,1-4H3;3-4H,2,8H2,1H3;2-3H,1H3;1H4. The number of nitrogen functional groups attached to an aromatic ring is 3. The first-order chi connectivity index (χ1) is 53.9. The number of halogens is 4. The molecule has 0 aliphatic carbocycles. The Labute approximate surface area is 676 Å². The van der Waals surface area contributed by atoms with Crippen LogP contribution in [-0.4, -0.2) is 189 Å². The molecule has 7 heterocycles. The molecule has 2 aromatic carbocycles. The zero-order valence-corrected chi connectivity index (χ0v) is 67.3. The molecule has 0 bridgehead atoms. The summed E-state index contributed by atoms with van der Waals surface area (Å²) in [5.74, 6) is -8.05. The number of carbonyl (C=O) groups is 9. The molecule has 0 spiro atoms. The number of hydrogen-bond donors (Lipinski definition) is 4. The van der Waals surface area contributed by atoms with Gasteiger partial charge in [-0.15, -0.1) is 0 Å². The van der Waals surface area contributed by atoms with Crippen molar-refractivity contribution in [3.05, 3.63) is 176 Å². The van der Waals surface area contributed by atoms with E-state index in [2.05, 4.69) is 84.1 Å². The molecule has 7 N–H and O–H groups in total. The van der Waals surface area contributed by atoms with Gasteiger partial charge in [0.05, 0.1) is 133 Å². The number of carbonyl (C=O) groups excluding carboxylic acids is 9. The van der Waals surface area contributed by atoms with Gasteiger partial charge in [0.15, 0.2) is 17.5 Å². The molecule has 42 heteroatoms. The summed E-state index contributed by atoms with van der Waals surface area (Å²) in [6, 6.07) is 8.73. The highest BCUT2D eigenvalue weighted by Gasteiger charge is 2.39. The minimum atomic E-state index is -1.49. The van der Waals surface area contributed by atoms with E-state index in [-0.39, 0.29) is 97.0 Å². The van der Waals surface area contributed by atoms with Gasteiger partial charge < -0.3 is 70.0 Å². The number of nitrogens with zero attached hydrogens (tertiary/aromatic N) is 14. The second-order valence-electron chi connectivity index (χ2n) is 26.1. The number of amides is 2. The lowest BCUT2D eigenvalue weighted by molar-refractivity contribution is -0.385. The van der Waals surface area contributed by atoms with E-state index in [1.54, 1.807) is 100 Å². The van der Waals surface area contributed by atoms with Crippen LogP contribution in [0.5, 0.6) is 11.5 Å². The van der Waals surface area contributed by atoms with Gasteiger partial charge in [-0.25, -0.2) is 68.6 Å². The van der Waals surface area contributed by atoms with Gasteiger partial charge in [0.1, 0.15) is 87.5 Å². The van der Waals surface area contributed by atoms with E-state index in [4.69, 9.17) is 64.1 Å². The molecule has 9 rings (SSSR count). The molecule has 116 heavy (non-hydrogen) atoms. The number of ether oxygens (including phenoxy) is 9. The van der Waals surface area contributed by atoms with E-state index in [0.717, 1.165) is 42.8 Å². The van der Waals surface area contributed by atoms with E-state index in [9.17, 15) is 62.0 Å². The van der Waals surface area contributed by atoms with Crippen LogP contribution in [0.25, 0.3) is 11.4 Å². The number of aryl methyl sites for hydroxylation is 1. The molecule has 2 amide bonds. The largest absolute Gasteiger partial charge is 0.497 e. The summed E-state index contributed by atoms with van der Waals surface area (Å²) in [4.78, 5) is 161. The molecule has 626 valence electrons. The molecule has 0 radical (unpaired) electrons. The zero-order valence-electron chi connectivity index (χ0n) is 65.8. The Balaban J connectivity index is 0.000000477. The number of rotatable bonds is 19. The SMILES string of the molecule is C.CCNC(=O)Cc1ncc(N)cn1.COC(=O)C(C(=O)OC(C)(C)C)c1ncc(N)cn1.COC(=O)C(C(=O)OC(C)(C)C)c1ncc([N+](=O)[O-])cn1.COC(=O)CC(=O)OC(C)(C)C.COC(=O)Cc1ncc(N)cn1.COc1ccc(CN2Cc3nc(-c4c(F)cccc4F)nc(Cl)c3C2=O)c(OC)c1.Cc1cnc(Cl)nc1. The van der Waals surface area contributed by atoms with Crippen LogP contribution >= 0.6 is 23.2 Å². The lowest BCUT2D eigenvalue weighted by atomic mass is 10.1. The molecule has 0 fully saturated rings. The van der Waals surface area contributed by atoms with Crippen molar-refractivity contribution in [3.63, 3.8) is 0 Å². The predicted molar refractivity (Wildman–Crippen MR) is 414 cm³/mol. The van der Waals surface area contributed by atoms with Gasteiger partial charge in [0, 0.05) is 30.6 Å². The van der Waals surface area contributed by atoms with E-state index in [0.29, 0.717) is 57.7 Å². The van der Waals surface area contributed by atoms with Gasteiger partial charge in [0.2, 0.25) is 23.0 Å². The first-order valence-corrected chi connectivity index (χ1v) is 34.5.